The fourth-order valence-corrected chi connectivity index (χ4v) is 4.57. The molecule has 0 saturated heterocycles. The van der Waals surface area contributed by atoms with Gasteiger partial charge in [0.05, 0.1) is 6.04 Å². The van der Waals surface area contributed by atoms with Gasteiger partial charge in [-0.1, -0.05) is 36.4 Å². The number of ether oxygens (including phenoxy) is 2. The first-order valence-corrected chi connectivity index (χ1v) is 11.3. The molecule has 33 heavy (non-hydrogen) atoms. The lowest BCUT2D eigenvalue weighted by atomic mass is 9.96. The van der Waals surface area contributed by atoms with E-state index < -0.39 is 0 Å². The molecule has 1 amide bonds. The molecule has 0 fully saturated rings. The topological polar surface area (TPSA) is 54.0 Å². The van der Waals surface area contributed by atoms with Crippen molar-refractivity contribution < 1.29 is 14.3 Å². The Hall–Kier alpha value is -3.51. The standard InChI is InChI=1S/C27H29N3O3/c1-29(2)23-10-7-20(8-11-23)24(30-14-13-19-5-3-4-6-22(19)17-30)16-28-27(31)21-9-12-25-26(15-21)33-18-32-25/h3-12,15,24H,13-14,16-18H2,1-2H3,(H,28,31). The molecule has 170 valence electrons. The third-order valence-electron chi connectivity index (χ3n) is 6.49. The fraction of sp³-hybridized carbons (Fsp3) is 0.296. The van der Waals surface area contributed by atoms with Gasteiger partial charge in [-0.05, 0) is 53.4 Å². The number of carbonyl (C=O) groups is 1. The Bertz CT molecular complexity index is 1140. The van der Waals surface area contributed by atoms with E-state index in [1.807, 2.05) is 14.1 Å². The molecule has 6 nitrogen and oxygen atoms in total. The van der Waals surface area contributed by atoms with Crippen LogP contribution in [0.2, 0.25) is 0 Å². The highest BCUT2D eigenvalue weighted by atomic mass is 16.7. The molecule has 2 heterocycles. The van der Waals surface area contributed by atoms with Crippen LogP contribution >= 0.6 is 0 Å². The first kappa shape index (κ1) is 21.3. The average Bonchev–Trinajstić information content (AvgIpc) is 3.32. The number of rotatable bonds is 6. The number of nitrogens with zero attached hydrogens (tertiary/aromatic N) is 2. The van der Waals surface area contributed by atoms with Crippen LogP contribution in [0, 0.1) is 0 Å². The van der Waals surface area contributed by atoms with Crippen molar-refractivity contribution in [3.63, 3.8) is 0 Å². The molecule has 2 aliphatic heterocycles. The Morgan fingerprint density at radius 3 is 2.55 bits per heavy atom. The van der Waals surface area contributed by atoms with E-state index in [1.54, 1.807) is 18.2 Å². The molecule has 2 aliphatic rings. The maximum absolute atomic E-state index is 13.0. The zero-order chi connectivity index (χ0) is 22.8. The summed E-state index contributed by atoms with van der Waals surface area (Å²) in [6.07, 6.45) is 1.01. The van der Waals surface area contributed by atoms with Crippen LogP contribution in [-0.4, -0.2) is 44.8 Å². The number of carbonyl (C=O) groups excluding carboxylic acids is 1. The molecule has 3 aromatic rings. The Morgan fingerprint density at radius 2 is 1.76 bits per heavy atom. The van der Waals surface area contributed by atoms with Crippen molar-refractivity contribution in [2.45, 2.75) is 19.0 Å². The Labute approximate surface area is 194 Å². The van der Waals surface area contributed by atoms with Gasteiger partial charge in [-0.25, -0.2) is 0 Å². The van der Waals surface area contributed by atoms with E-state index in [0.29, 0.717) is 23.6 Å². The molecular formula is C27H29N3O3. The Balaban J connectivity index is 1.36. The molecule has 1 unspecified atom stereocenters. The van der Waals surface area contributed by atoms with E-state index in [9.17, 15) is 4.79 Å². The zero-order valence-corrected chi connectivity index (χ0v) is 19.1. The first-order chi connectivity index (χ1) is 16.1. The first-order valence-electron chi connectivity index (χ1n) is 11.3. The van der Waals surface area contributed by atoms with Crippen molar-refractivity contribution in [2.24, 2.45) is 0 Å². The Morgan fingerprint density at radius 1 is 1.00 bits per heavy atom. The smallest absolute Gasteiger partial charge is 0.251 e. The predicted octanol–water partition coefficient (Wildman–Crippen LogP) is 4.01. The minimum atomic E-state index is -0.111. The van der Waals surface area contributed by atoms with Gasteiger partial charge in [-0.3, -0.25) is 9.69 Å². The van der Waals surface area contributed by atoms with Gasteiger partial charge in [0.15, 0.2) is 11.5 Å². The van der Waals surface area contributed by atoms with Crippen molar-refractivity contribution in [2.75, 3.05) is 38.9 Å². The van der Waals surface area contributed by atoms with Crippen molar-refractivity contribution in [3.8, 4) is 11.5 Å². The maximum atomic E-state index is 13.0. The van der Waals surface area contributed by atoms with Crippen molar-refractivity contribution in [1.29, 1.82) is 0 Å². The average molecular weight is 444 g/mol. The third-order valence-corrected chi connectivity index (χ3v) is 6.49. The monoisotopic (exact) mass is 443 g/mol. The number of nitrogens with one attached hydrogen (secondary N) is 1. The van der Waals surface area contributed by atoms with Gasteiger partial charge in [0.2, 0.25) is 6.79 Å². The van der Waals surface area contributed by atoms with E-state index in [-0.39, 0.29) is 18.7 Å². The van der Waals surface area contributed by atoms with Gasteiger partial charge in [-0.2, -0.15) is 0 Å². The summed E-state index contributed by atoms with van der Waals surface area (Å²) in [5.74, 6) is 1.18. The van der Waals surface area contributed by atoms with Gasteiger partial charge in [0.1, 0.15) is 0 Å². The summed E-state index contributed by atoms with van der Waals surface area (Å²) in [4.78, 5) is 17.5. The van der Waals surface area contributed by atoms with Gasteiger partial charge in [0, 0.05) is 45.0 Å². The van der Waals surface area contributed by atoms with Gasteiger partial charge >= 0.3 is 0 Å². The minimum Gasteiger partial charge on any atom is -0.454 e. The summed E-state index contributed by atoms with van der Waals surface area (Å²) in [7, 11) is 4.08. The highest BCUT2D eigenvalue weighted by Gasteiger charge is 2.26. The van der Waals surface area contributed by atoms with Crippen LogP contribution in [0.1, 0.15) is 33.1 Å². The second-order valence-corrected chi connectivity index (χ2v) is 8.77. The fourth-order valence-electron chi connectivity index (χ4n) is 4.57. The summed E-state index contributed by atoms with van der Waals surface area (Å²) < 4.78 is 10.8. The highest BCUT2D eigenvalue weighted by molar-refractivity contribution is 5.95. The van der Waals surface area contributed by atoms with Crippen LogP contribution in [0.5, 0.6) is 11.5 Å². The minimum absolute atomic E-state index is 0.0764. The maximum Gasteiger partial charge on any atom is 0.251 e. The number of fused-ring (bicyclic) bond motifs is 2. The number of hydrogen-bond donors (Lipinski definition) is 1. The number of anilines is 1. The molecule has 0 radical (unpaired) electrons. The van der Waals surface area contributed by atoms with Crippen LogP contribution in [0.15, 0.2) is 66.7 Å². The van der Waals surface area contributed by atoms with Crippen molar-refractivity contribution in [3.05, 3.63) is 89.0 Å². The molecule has 0 aromatic heterocycles. The van der Waals surface area contributed by atoms with Crippen molar-refractivity contribution in [1.82, 2.24) is 10.2 Å². The molecule has 0 aliphatic carbocycles. The second kappa shape index (κ2) is 9.16. The Kier molecular flexibility index (Phi) is 5.92. The van der Waals surface area contributed by atoms with Crippen LogP contribution in [0.25, 0.3) is 0 Å². The lowest BCUT2D eigenvalue weighted by molar-refractivity contribution is 0.0927. The quantitative estimate of drug-likeness (QED) is 0.624. The molecule has 5 rings (SSSR count). The van der Waals surface area contributed by atoms with Crippen LogP contribution in [0.3, 0.4) is 0 Å². The highest BCUT2D eigenvalue weighted by Crippen LogP contribution is 2.33. The molecule has 0 saturated carbocycles. The van der Waals surface area contributed by atoms with Crippen LogP contribution in [0.4, 0.5) is 5.69 Å². The summed E-state index contributed by atoms with van der Waals surface area (Å²) in [5.41, 5.74) is 5.71. The molecule has 1 N–H and O–H groups in total. The van der Waals surface area contributed by atoms with E-state index in [4.69, 9.17) is 9.47 Å². The summed E-state index contributed by atoms with van der Waals surface area (Å²) in [6, 6.07) is 22.6. The molecule has 1 atom stereocenters. The van der Waals surface area contributed by atoms with Gasteiger partial charge in [-0.15, -0.1) is 0 Å². The predicted molar refractivity (Wildman–Crippen MR) is 129 cm³/mol. The third kappa shape index (κ3) is 4.52. The number of benzene rings is 3. The van der Waals surface area contributed by atoms with Gasteiger partial charge < -0.3 is 19.7 Å². The lowest BCUT2D eigenvalue weighted by Gasteiger charge is -2.36. The molecule has 0 bridgehead atoms. The van der Waals surface area contributed by atoms with Crippen LogP contribution in [-0.2, 0) is 13.0 Å². The van der Waals surface area contributed by atoms with E-state index >= 15 is 0 Å². The SMILES string of the molecule is CN(C)c1ccc(C(CNC(=O)c2ccc3c(c2)OCO3)N2CCc3ccccc3C2)cc1. The molecule has 0 spiro atoms. The van der Waals surface area contributed by atoms with E-state index in [2.05, 4.69) is 63.6 Å². The molecule has 3 aromatic carbocycles. The zero-order valence-electron chi connectivity index (χ0n) is 19.1. The summed E-state index contributed by atoms with van der Waals surface area (Å²) in [5, 5.41) is 3.16. The lowest BCUT2D eigenvalue weighted by Crippen LogP contribution is -2.40. The normalized spacial score (nSPS) is 15.6. The van der Waals surface area contributed by atoms with E-state index in [0.717, 1.165) is 25.2 Å². The number of hydrogen-bond acceptors (Lipinski definition) is 5. The number of amides is 1. The summed E-state index contributed by atoms with van der Waals surface area (Å²) in [6.45, 7) is 2.55. The second-order valence-electron chi connectivity index (χ2n) is 8.77. The largest absolute Gasteiger partial charge is 0.454 e. The van der Waals surface area contributed by atoms with E-state index in [1.165, 1.54) is 16.7 Å². The van der Waals surface area contributed by atoms with Crippen LogP contribution < -0.4 is 19.7 Å². The summed E-state index contributed by atoms with van der Waals surface area (Å²) >= 11 is 0. The molecule has 6 heteroatoms. The molecular weight excluding hydrogens is 414 g/mol. The van der Waals surface area contributed by atoms with Crippen molar-refractivity contribution >= 4 is 11.6 Å². The van der Waals surface area contributed by atoms with Gasteiger partial charge in [0.25, 0.3) is 5.91 Å².